The summed E-state index contributed by atoms with van der Waals surface area (Å²) in [5.41, 5.74) is 0. The lowest BCUT2D eigenvalue weighted by Crippen LogP contribution is -2.51. The number of carbonyl (C=O) groups excluding carboxylic acids is 1. The number of amides is 1. The molecule has 1 amide bonds. The number of aliphatic imine (C=N–C) groups is 1. The maximum atomic E-state index is 13.4. The van der Waals surface area contributed by atoms with E-state index in [0.29, 0.717) is 23.6 Å². The Kier molecular flexibility index (Phi) is 3.54. The van der Waals surface area contributed by atoms with E-state index < -0.39 is 22.7 Å². The number of fused-ring (bicyclic) bond motifs is 2. The van der Waals surface area contributed by atoms with E-state index in [0.717, 1.165) is 19.3 Å². The molecular formula is C14H19F3N2OS. The molecule has 0 spiro atoms. The Morgan fingerprint density at radius 2 is 2.05 bits per heavy atom. The number of thioether (sulfide) groups is 1. The van der Waals surface area contributed by atoms with Gasteiger partial charge >= 0.3 is 6.18 Å². The molecule has 1 aliphatic heterocycles. The van der Waals surface area contributed by atoms with Gasteiger partial charge in [-0.2, -0.15) is 18.2 Å². The fourth-order valence-corrected chi connectivity index (χ4v) is 5.04. The molecular weight excluding hydrogens is 301 g/mol. The molecule has 2 fully saturated rings. The maximum Gasteiger partial charge on any atom is 0.412 e. The van der Waals surface area contributed by atoms with Crippen molar-refractivity contribution in [3.05, 3.63) is 0 Å². The largest absolute Gasteiger partial charge is 0.412 e. The van der Waals surface area contributed by atoms with E-state index in [4.69, 9.17) is 0 Å². The number of amidine groups is 1. The number of carbonyl (C=O) groups is 1. The fraction of sp³-hybridized carbons (Fsp3) is 0.857. The Morgan fingerprint density at radius 3 is 2.48 bits per heavy atom. The van der Waals surface area contributed by atoms with Crippen LogP contribution in [0.15, 0.2) is 4.99 Å². The summed E-state index contributed by atoms with van der Waals surface area (Å²) in [5, 5.41) is 3.27. The maximum absolute atomic E-state index is 13.4. The van der Waals surface area contributed by atoms with Gasteiger partial charge in [0.05, 0.1) is 0 Å². The summed E-state index contributed by atoms with van der Waals surface area (Å²) in [6.07, 6.45) is -0.107. The van der Waals surface area contributed by atoms with Gasteiger partial charge in [0.25, 0.3) is 5.91 Å². The van der Waals surface area contributed by atoms with Gasteiger partial charge in [-0.05, 0) is 37.0 Å². The fourth-order valence-electron chi connectivity index (χ4n) is 3.91. The van der Waals surface area contributed by atoms with Gasteiger partial charge in [-0.3, -0.25) is 4.79 Å². The van der Waals surface area contributed by atoms with Crippen LogP contribution in [0.2, 0.25) is 0 Å². The predicted octanol–water partition coefficient (Wildman–Crippen LogP) is 3.35. The van der Waals surface area contributed by atoms with E-state index in [-0.39, 0.29) is 11.2 Å². The molecule has 7 heteroatoms. The van der Waals surface area contributed by atoms with E-state index in [1.165, 1.54) is 20.3 Å². The Hall–Kier alpha value is -0.720. The zero-order chi connectivity index (χ0) is 15.4. The lowest BCUT2D eigenvalue weighted by molar-refractivity contribution is -0.175. The molecule has 0 radical (unpaired) electrons. The van der Waals surface area contributed by atoms with Crippen LogP contribution in [-0.2, 0) is 4.79 Å². The molecule has 2 saturated carbocycles. The topological polar surface area (TPSA) is 41.5 Å². The van der Waals surface area contributed by atoms with Crippen LogP contribution in [0, 0.1) is 17.8 Å². The van der Waals surface area contributed by atoms with Crippen molar-refractivity contribution in [1.29, 1.82) is 0 Å². The van der Waals surface area contributed by atoms with Gasteiger partial charge in [-0.25, -0.2) is 0 Å². The Bertz CT molecular complexity index is 491. The van der Waals surface area contributed by atoms with Gasteiger partial charge in [0.1, 0.15) is 0 Å². The first-order valence-corrected chi connectivity index (χ1v) is 8.21. The number of hydrogen-bond donors (Lipinski definition) is 1. The van der Waals surface area contributed by atoms with Crippen molar-refractivity contribution in [2.75, 3.05) is 0 Å². The molecule has 2 bridgehead atoms. The number of nitrogens with one attached hydrogen (secondary N) is 1. The molecule has 1 heterocycles. The number of nitrogens with zero attached hydrogens (tertiary/aromatic N) is 1. The van der Waals surface area contributed by atoms with E-state index in [9.17, 15) is 18.0 Å². The second-order valence-corrected chi connectivity index (χ2v) is 7.87. The van der Waals surface area contributed by atoms with Crippen LogP contribution in [0.5, 0.6) is 0 Å². The monoisotopic (exact) mass is 320 g/mol. The smallest absolute Gasteiger partial charge is 0.361 e. The second kappa shape index (κ2) is 4.89. The van der Waals surface area contributed by atoms with Crippen LogP contribution in [-0.4, -0.2) is 28.0 Å². The number of alkyl halides is 3. The van der Waals surface area contributed by atoms with Crippen LogP contribution in [0.4, 0.5) is 13.2 Å². The summed E-state index contributed by atoms with van der Waals surface area (Å²) in [6.45, 7) is 2.85. The van der Waals surface area contributed by atoms with Crippen LogP contribution in [0.3, 0.4) is 0 Å². The normalized spacial score (nSPS) is 39.2. The van der Waals surface area contributed by atoms with E-state index in [1.807, 2.05) is 0 Å². The summed E-state index contributed by atoms with van der Waals surface area (Å²) in [6, 6.07) is 0.180. The van der Waals surface area contributed by atoms with Gasteiger partial charge in [-0.15, -0.1) is 0 Å². The van der Waals surface area contributed by atoms with Gasteiger partial charge in [0, 0.05) is 6.04 Å². The summed E-state index contributed by atoms with van der Waals surface area (Å²) in [4.78, 5) is 15.6. The summed E-state index contributed by atoms with van der Waals surface area (Å²) in [7, 11) is 0. The molecule has 4 atom stereocenters. The molecule has 21 heavy (non-hydrogen) atoms. The van der Waals surface area contributed by atoms with Crippen LogP contribution >= 0.6 is 11.8 Å². The van der Waals surface area contributed by atoms with Crippen molar-refractivity contribution >= 4 is 22.8 Å². The van der Waals surface area contributed by atoms with Crippen molar-refractivity contribution < 1.29 is 18.0 Å². The average Bonchev–Trinajstić information content (AvgIpc) is 3.02. The first-order valence-electron chi connectivity index (χ1n) is 7.39. The molecule has 2 aliphatic carbocycles. The van der Waals surface area contributed by atoms with E-state index in [2.05, 4.69) is 10.3 Å². The Balaban J connectivity index is 1.75. The first-order chi connectivity index (χ1) is 9.74. The van der Waals surface area contributed by atoms with Crippen molar-refractivity contribution in [1.82, 2.24) is 5.32 Å². The first kappa shape index (κ1) is 15.2. The third-order valence-corrected chi connectivity index (χ3v) is 6.66. The molecule has 118 valence electrons. The zero-order valence-electron chi connectivity index (χ0n) is 12.0. The van der Waals surface area contributed by atoms with Crippen molar-refractivity contribution in [2.24, 2.45) is 22.7 Å². The third-order valence-electron chi connectivity index (χ3n) is 5.06. The minimum atomic E-state index is -4.59. The summed E-state index contributed by atoms with van der Waals surface area (Å²) in [5.74, 6) is -0.709. The number of rotatable bonds is 2. The lowest BCUT2D eigenvalue weighted by atomic mass is 9.93. The zero-order valence-corrected chi connectivity index (χ0v) is 12.9. The molecule has 3 rings (SSSR count). The summed E-state index contributed by atoms with van der Waals surface area (Å²) < 4.78 is 37.8. The summed E-state index contributed by atoms with van der Waals surface area (Å²) >= 11 is 0.560. The molecule has 3 aliphatic rings. The average molecular weight is 320 g/mol. The molecule has 3 nitrogen and oxygen atoms in total. The minimum Gasteiger partial charge on any atom is -0.361 e. The highest BCUT2D eigenvalue weighted by molar-refractivity contribution is 8.16. The van der Waals surface area contributed by atoms with Gasteiger partial charge in [0.2, 0.25) is 4.75 Å². The van der Waals surface area contributed by atoms with Crippen molar-refractivity contribution in [3.63, 3.8) is 0 Å². The van der Waals surface area contributed by atoms with E-state index >= 15 is 0 Å². The van der Waals surface area contributed by atoms with E-state index in [1.54, 1.807) is 0 Å². The molecule has 0 aromatic rings. The van der Waals surface area contributed by atoms with Gasteiger partial charge in [0.15, 0.2) is 5.17 Å². The molecule has 0 aromatic carbocycles. The van der Waals surface area contributed by atoms with Crippen molar-refractivity contribution in [3.8, 4) is 0 Å². The highest BCUT2D eigenvalue weighted by atomic mass is 32.2. The highest BCUT2D eigenvalue weighted by Crippen LogP contribution is 2.51. The molecule has 0 saturated heterocycles. The molecule has 1 unspecified atom stereocenters. The van der Waals surface area contributed by atoms with Gasteiger partial charge < -0.3 is 5.32 Å². The predicted molar refractivity (Wildman–Crippen MR) is 76.0 cm³/mol. The number of hydrogen-bond acceptors (Lipinski definition) is 3. The highest BCUT2D eigenvalue weighted by Gasteiger charge is 2.66. The SMILES string of the molecule is CC(C)C1(C(F)(F)F)SC(N[C@H]2C[C@@H]3CC[C@H]2C3)=NC1=O. The minimum absolute atomic E-state index is 0.156. The second-order valence-electron chi connectivity index (χ2n) is 6.64. The third kappa shape index (κ3) is 2.28. The molecule has 1 N–H and O–H groups in total. The Morgan fingerprint density at radius 1 is 1.33 bits per heavy atom. The number of halogens is 3. The van der Waals surface area contributed by atoms with Crippen LogP contribution in [0.1, 0.15) is 39.5 Å². The van der Waals surface area contributed by atoms with Gasteiger partial charge in [-0.1, -0.05) is 32.0 Å². The molecule has 0 aromatic heterocycles. The van der Waals surface area contributed by atoms with Crippen molar-refractivity contribution in [2.45, 2.75) is 56.5 Å². The van der Waals surface area contributed by atoms with Crippen LogP contribution in [0.25, 0.3) is 0 Å². The quantitative estimate of drug-likeness (QED) is 0.848. The van der Waals surface area contributed by atoms with Crippen LogP contribution < -0.4 is 5.32 Å². The lowest BCUT2D eigenvalue weighted by Gasteiger charge is -2.32. The standard InChI is InChI=1S/C14H19F3N2OS/c1-7(2)13(14(15,16)17)11(20)19-12(21-13)18-10-6-8-3-4-9(10)5-8/h7-10H,3-6H2,1-2H3,(H,18,19,20)/t8-,9+,10+,13?/m1/s1. The Labute approximate surface area is 126 Å².